The quantitative estimate of drug-likeness (QED) is 0.520. The fourth-order valence-corrected chi connectivity index (χ4v) is 5.05. The maximum Gasteiger partial charge on any atom is 0.329 e. The van der Waals surface area contributed by atoms with Crippen molar-refractivity contribution < 1.29 is 19.4 Å². The fourth-order valence-electron chi connectivity index (χ4n) is 5.05. The van der Waals surface area contributed by atoms with E-state index in [2.05, 4.69) is 48.7 Å². The number of ether oxygens (including phenoxy) is 2. The van der Waals surface area contributed by atoms with E-state index in [1.165, 1.54) is 18.4 Å². The van der Waals surface area contributed by atoms with Crippen molar-refractivity contribution >= 4 is 11.7 Å². The van der Waals surface area contributed by atoms with Gasteiger partial charge in [-0.25, -0.2) is 4.79 Å². The molecule has 1 saturated heterocycles. The van der Waals surface area contributed by atoms with Crippen molar-refractivity contribution in [2.45, 2.75) is 70.6 Å². The molecule has 2 fully saturated rings. The molecule has 0 radical (unpaired) electrons. The molecule has 0 spiro atoms. The lowest BCUT2D eigenvalue weighted by Gasteiger charge is -2.35. The molecule has 2 aromatic rings. The van der Waals surface area contributed by atoms with Crippen molar-refractivity contribution in [2.24, 2.45) is 0 Å². The average Bonchev–Trinajstić information content (AvgIpc) is 3.34. The summed E-state index contributed by atoms with van der Waals surface area (Å²) in [5, 5.41) is 16.6. The minimum Gasteiger partial charge on any atom is -0.496 e. The summed E-state index contributed by atoms with van der Waals surface area (Å²) in [6, 6.07) is 10.4. The lowest BCUT2D eigenvalue weighted by atomic mass is 9.87. The normalized spacial score (nSPS) is 18.3. The number of aryl methyl sites for hydroxylation is 1. The van der Waals surface area contributed by atoms with Crippen LogP contribution in [0.3, 0.4) is 0 Å². The van der Waals surface area contributed by atoms with Gasteiger partial charge in [0, 0.05) is 5.69 Å². The molecular weight excluding hydrogens is 416 g/mol. The molecule has 1 saturated carbocycles. The van der Waals surface area contributed by atoms with Crippen LogP contribution in [0.25, 0.3) is 11.1 Å². The fraction of sp³-hybridized carbons (Fsp3) is 0.519. The Hall–Kier alpha value is -2.57. The molecule has 1 aliphatic carbocycles. The van der Waals surface area contributed by atoms with Crippen molar-refractivity contribution in [3.05, 3.63) is 47.0 Å². The molecule has 0 bridgehead atoms. The summed E-state index contributed by atoms with van der Waals surface area (Å²) in [5.74, 6) is 0.0742. The van der Waals surface area contributed by atoms with Crippen LogP contribution >= 0.6 is 0 Å². The third-order valence-corrected chi connectivity index (χ3v) is 7.28. The van der Waals surface area contributed by atoms with E-state index in [1.807, 2.05) is 6.07 Å². The Labute approximate surface area is 196 Å². The largest absolute Gasteiger partial charge is 0.496 e. The summed E-state index contributed by atoms with van der Waals surface area (Å²) >= 11 is 0. The van der Waals surface area contributed by atoms with Crippen molar-refractivity contribution in [3.63, 3.8) is 0 Å². The Balaban J connectivity index is 1.69. The number of methoxy groups -OCH3 is 1. The Morgan fingerprint density at radius 3 is 2.55 bits per heavy atom. The number of carboxylic acids is 1. The summed E-state index contributed by atoms with van der Waals surface area (Å²) in [5.41, 5.74) is 5.43. The minimum atomic E-state index is -0.944. The summed E-state index contributed by atoms with van der Waals surface area (Å²) < 4.78 is 11.9. The smallest absolute Gasteiger partial charge is 0.329 e. The number of nitrogens with one attached hydrogen (secondary N) is 2. The number of anilines is 1. The van der Waals surface area contributed by atoms with Gasteiger partial charge in [-0.2, -0.15) is 0 Å². The van der Waals surface area contributed by atoms with Gasteiger partial charge in [0.15, 0.2) is 0 Å². The van der Waals surface area contributed by atoms with Gasteiger partial charge in [-0.1, -0.05) is 25.0 Å². The standard InChI is InChI=1S/C27H36N2O4/c1-18-14-20(16-25(32-3)19(18)2)24-9-8-22(15-21(24)17-33-23-6-4-5-7-23)29-27(26(30)31)10-12-28-13-11-27/h8-9,14-16,23,28-29H,4-7,10-13,17H2,1-3H3,(H,30,31). The minimum absolute atomic E-state index is 0.304. The van der Waals surface area contributed by atoms with Crippen LogP contribution in [-0.2, 0) is 16.1 Å². The number of piperidine rings is 1. The molecule has 2 aliphatic rings. The molecule has 4 rings (SSSR count). The SMILES string of the molecule is COc1cc(-c2ccc(NC3(C(=O)O)CCNCC3)cc2COC2CCCC2)cc(C)c1C. The van der Waals surface area contributed by atoms with Gasteiger partial charge in [0.25, 0.3) is 0 Å². The van der Waals surface area contributed by atoms with Crippen LogP contribution in [-0.4, -0.2) is 42.9 Å². The Morgan fingerprint density at radius 2 is 1.88 bits per heavy atom. The van der Waals surface area contributed by atoms with Crippen molar-refractivity contribution in [3.8, 4) is 16.9 Å². The van der Waals surface area contributed by atoms with Crippen LogP contribution in [0.15, 0.2) is 30.3 Å². The zero-order valence-electron chi connectivity index (χ0n) is 20.0. The zero-order valence-corrected chi connectivity index (χ0v) is 20.0. The molecule has 0 aromatic heterocycles. The lowest BCUT2D eigenvalue weighted by molar-refractivity contribution is -0.143. The molecular formula is C27H36N2O4. The highest BCUT2D eigenvalue weighted by Gasteiger charge is 2.39. The van der Waals surface area contributed by atoms with E-state index in [1.54, 1.807) is 7.11 Å². The molecule has 0 unspecified atom stereocenters. The first-order chi connectivity index (χ1) is 15.9. The Morgan fingerprint density at radius 1 is 1.15 bits per heavy atom. The first-order valence-electron chi connectivity index (χ1n) is 12.0. The van der Waals surface area contributed by atoms with Crippen LogP contribution in [0.2, 0.25) is 0 Å². The molecule has 1 heterocycles. The van der Waals surface area contributed by atoms with E-state index in [0.29, 0.717) is 38.6 Å². The third kappa shape index (κ3) is 5.17. The molecule has 6 nitrogen and oxygen atoms in total. The van der Waals surface area contributed by atoms with Gasteiger partial charge in [-0.3, -0.25) is 0 Å². The summed E-state index contributed by atoms with van der Waals surface area (Å²) in [4.78, 5) is 12.2. The first kappa shape index (κ1) is 23.6. The molecule has 1 aliphatic heterocycles. The topological polar surface area (TPSA) is 79.8 Å². The van der Waals surface area contributed by atoms with Crippen molar-refractivity contribution in [1.82, 2.24) is 5.32 Å². The highest BCUT2D eigenvalue weighted by molar-refractivity contribution is 5.83. The maximum atomic E-state index is 12.2. The van der Waals surface area contributed by atoms with E-state index >= 15 is 0 Å². The second-order valence-corrected chi connectivity index (χ2v) is 9.47. The Kier molecular flexibility index (Phi) is 7.25. The van der Waals surface area contributed by atoms with Crippen LogP contribution in [0.4, 0.5) is 5.69 Å². The van der Waals surface area contributed by atoms with Gasteiger partial charge in [-0.05, 0) is 98.6 Å². The van der Waals surface area contributed by atoms with Crippen LogP contribution in [0, 0.1) is 13.8 Å². The van der Waals surface area contributed by atoms with Crippen LogP contribution in [0.1, 0.15) is 55.2 Å². The summed E-state index contributed by atoms with van der Waals surface area (Å²) in [7, 11) is 1.70. The summed E-state index contributed by atoms with van der Waals surface area (Å²) in [6.07, 6.45) is 6.07. The molecule has 6 heteroatoms. The van der Waals surface area contributed by atoms with E-state index < -0.39 is 11.5 Å². The van der Waals surface area contributed by atoms with Gasteiger partial charge in [0.2, 0.25) is 0 Å². The van der Waals surface area contributed by atoms with Gasteiger partial charge >= 0.3 is 5.97 Å². The summed E-state index contributed by atoms with van der Waals surface area (Å²) in [6.45, 7) is 6.06. The van der Waals surface area contributed by atoms with E-state index in [9.17, 15) is 9.90 Å². The number of hydrogen-bond donors (Lipinski definition) is 3. The first-order valence-corrected chi connectivity index (χ1v) is 12.0. The van der Waals surface area contributed by atoms with Crippen molar-refractivity contribution in [2.75, 3.05) is 25.5 Å². The highest BCUT2D eigenvalue weighted by Crippen LogP contribution is 2.35. The molecule has 178 valence electrons. The van der Waals surface area contributed by atoms with Crippen LogP contribution < -0.4 is 15.4 Å². The van der Waals surface area contributed by atoms with E-state index in [0.717, 1.165) is 46.5 Å². The molecule has 0 amide bonds. The molecule has 3 N–H and O–H groups in total. The zero-order chi connectivity index (χ0) is 23.4. The second kappa shape index (κ2) is 10.1. The van der Waals surface area contributed by atoms with Gasteiger partial charge in [0.1, 0.15) is 11.3 Å². The van der Waals surface area contributed by atoms with Crippen LogP contribution in [0.5, 0.6) is 5.75 Å². The highest BCUT2D eigenvalue weighted by atomic mass is 16.5. The van der Waals surface area contributed by atoms with Gasteiger partial charge in [-0.15, -0.1) is 0 Å². The number of benzene rings is 2. The molecule has 0 atom stereocenters. The Bertz CT molecular complexity index is 992. The van der Waals surface area contributed by atoms with E-state index in [-0.39, 0.29) is 0 Å². The predicted molar refractivity (Wildman–Crippen MR) is 131 cm³/mol. The predicted octanol–water partition coefficient (Wildman–Crippen LogP) is 5.06. The van der Waals surface area contributed by atoms with E-state index in [4.69, 9.17) is 9.47 Å². The monoisotopic (exact) mass is 452 g/mol. The number of rotatable bonds is 8. The maximum absolute atomic E-state index is 12.2. The average molecular weight is 453 g/mol. The number of carboxylic acid groups (broad SMARTS) is 1. The number of aliphatic carboxylic acids is 1. The molecule has 33 heavy (non-hydrogen) atoms. The lowest BCUT2D eigenvalue weighted by Crippen LogP contribution is -2.53. The number of carbonyl (C=O) groups is 1. The van der Waals surface area contributed by atoms with Gasteiger partial charge < -0.3 is 25.2 Å². The van der Waals surface area contributed by atoms with Gasteiger partial charge in [0.05, 0.1) is 19.8 Å². The molecule has 2 aromatic carbocycles. The third-order valence-electron chi connectivity index (χ3n) is 7.28. The van der Waals surface area contributed by atoms with Crippen molar-refractivity contribution in [1.29, 1.82) is 0 Å². The second-order valence-electron chi connectivity index (χ2n) is 9.47. The number of hydrogen-bond acceptors (Lipinski definition) is 5.